The smallest absolute Gasteiger partial charge is 0.329 e. The second-order valence-corrected chi connectivity index (χ2v) is 6.50. The van der Waals surface area contributed by atoms with E-state index < -0.39 is 11.2 Å². The van der Waals surface area contributed by atoms with E-state index in [0.29, 0.717) is 18.8 Å². The van der Waals surface area contributed by atoms with Crippen LogP contribution in [-0.4, -0.2) is 47.4 Å². The first-order valence-corrected chi connectivity index (χ1v) is 8.47. The summed E-state index contributed by atoms with van der Waals surface area (Å²) in [5.74, 6) is 1.76. The fourth-order valence-electron chi connectivity index (χ4n) is 3.36. The number of nitrogens with zero attached hydrogens (tertiary/aromatic N) is 3. The Bertz CT molecular complexity index is 943. The summed E-state index contributed by atoms with van der Waals surface area (Å²) < 4.78 is 12.0. The third-order valence-corrected chi connectivity index (χ3v) is 4.88. The maximum atomic E-state index is 12.2. The quantitative estimate of drug-likeness (QED) is 0.775. The van der Waals surface area contributed by atoms with Crippen LogP contribution in [0, 0.1) is 0 Å². The molecule has 138 valence electrons. The Morgan fingerprint density at radius 3 is 2.62 bits per heavy atom. The zero-order valence-electron chi connectivity index (χ0n) is 14.5. The van der Waals surface area contributed by atoms with Crippen LogP contribution in [0.5, 0.6) is 11.5 Å². The van der Waals surface area contributed by atoms with Crippen LogP contribution in [0.15, 0.2) is 27.8 Å². The third-order valence-electron chi connectivity index (χ3n) is 4.88. The number of rotatable bonds is 3. The molecule has 0 atom stereocenters. The van der Waals surface area contributed by atoms with E-state index >= 15 is 0 Å². The molecule has 2 aliphatic rings. The monoisotopic (exact) mass is 359 g/mol. The second-order valence-electron chi connectivity index (χ2n) is 6.50. The first-order valence-electron chi connectivity index (χ1n) is 8.47. The van der Waals surface area contributed by atoms with Gasteiger partial charge in [0.25, 0.3) is 5.56 Å². The van der Waals surface area contributed by atoms with Gasteiger partial charge in [0, 0.05) is 39.8 Å². The average Bonchev–Trinajstić information content (AvgIpc) is 3.09. The van der Waals surface area contributed by atoms with E-state index in [2.05, 4.69) is 9.88 Å². The molecule has 0 radical (unpaired) electrons. The molecule has 0 bridgehead atoms. The molecule has 1 aromatic carbocycles. The van der Waals surface area contributed by atoms with Crippen molar-refractivity contribution in [3.63, 3.8) is 0 Å². The summed E-state index contributed by atoms with van der Waals surface area (Å²) in [6.45, 7) is 3.97. The normalized spacial score (nSPS) is 16.9. The summed E-state index contributed by atoms with van der Waals surface area (Å²) in [6.07, 6.45) is 0. The van der Waals surface area contributed by atoms with E-state index in [0.717, 1.165) is 36.7 Å². The van der Waals surface area contributed by atoms with Gasteiger partial charge in [-0.2, -0.15) is 0 Å². The molecule has 3 heterocycles. The van der Waals surface area contributed by atoms with Crippen LogP contribution in [0.3, 0.4) is 0 Å². The number of anilines is 2. The van der Waals surface area contributed by atoms with Gasteiger partial charge in [-0.1, -0.05) is 6.07 Å². The molecule has 26 heavy (non-hydrogen) atoms. The SMILES string of the molecule is Cn1c(N)c(N2CCN(Cc3ccc4c(c3)OCO4)CC2)c(=O)[nH]c1=O. The topological polar surface area (TPSA) is 106 Å². The predicted octanol–water partition coefficient (Wildman–Crippen LogP) is -0.293. The molecule has 9 heteroatoms. The number of piperazine rings is 1. The lowest BCUT2D eigenvalue weighted by atomic mass is 10.1. The van der Waals surface area contributed by atoms with Crippen LogP contribution in [0.2, 0.25) is 0 Å². The summed E-state index contributed by atoms with van der Waals surface area (Å²) >= 11 is 0. The van der Waals surface area contributed by atoms with E-state index in [1.165, 1.54) is 4.57 Å². The predicted molar refractivity (Wildman–Crippen MR) is 96.8 cm³/mol. The fraction of sp³-hybridized carbons (Fsp3) is 0.412. The Morgan fingerprint density at radius 2 is 1.85 bits per heavy atom. The van der Waals surface area contributed by atoms with Crippen molar-refractivity contribution in [1.29, 1.82) is 0 Å². The van der Waals surface area contributed by atoms with Crippen molar-refractivity contribution in [2.75, 3.05) is 43.6 Å². The molecule has 2 aliphatic heterocycles. The number of aromatic nitrogens is 2. The van der Waals surface area contributed by atoms with Crippen molar-refractivity contribution in [2.24, 2.45) is 7.05 Å². The Balaban J connectivity index is 1.44. The van der Waals surface area contributed by atoms with Crippen molar-refractivity contribution >= 4 is 11.5 Å². The van der Waals surface area contributed by atoms with Gasteiger partial charge in [0.2, 0.25) is 6.79 Å². The molecule has 0 saturated carbocycles. The standard InChI is InChI=1S/C17H21N5O4/c1-20-15(18)14(16(23)19-17(20)24)22-6-4-21(5-7-22)9-11-2-3-12-13(8-11)26-10-25-12/h2-3,8H,4-7,9-10,18H2,1H3,(H,19,23,24). The minimum Gasteiger partial charge on any atom is -0.454 e. The largest absolute Gasteiger partial charge is 0.454 e. The molecule has 1 saturated heterocycles. The van der Waals surface area contributed by atoms with Crippen LogP contribution in [0.25, 0.3) is 0 Å². The molecule has 1 fully saturated rings. The highest BCUT2D eigenvalue weighted by Crippen LogP contribution is 2.33. The van der Waals surface area contributed by atoms with Gasteiger partial charge in [-0.25, -0.2) is 4.79 Å². The second kappa shape index (κ2) is 6.41. The molecular weight excluding hydrogens is 338 g/mol. The first-order chi connectivity index (χ1) is 12.5. The lowest BCUT2D eigenvalue weighted by Crippen LogP contribution is -2.48. The number of ether oxygens (including phenoxy) is 2. The highest BCUT2D eigenvalue weighted by molar-refractivity contribution is 5.62. The highest BCUT2D eigenvalue weighted by atomic mass is 16.7. The number of H-pyrrole nitrogens is 1. The van der Waals surface area contributed by atoms with Crippen LogP contribution in [0.1, 0.15) is 5.56 Å². The summed E-state index contributed by atoms with van der Waals surface area (Å²) in [6, 6.07) is 5.97. The Hall–Kier alpha value is -2.94. The zero-order valence-corrected chi connectivity index (χ0v) is 14.5. The molecule has 0 amide bonds. The van der Waals surface area contributed by atoms with Crippen LogP contribution >= 0.6 is 0 Å². The van der Waals surface area contributed by atoms with Gasteiger partial charge in [-0.3, -0.25) is 19.2 Å². The van der Waals surface area contributed by atoms with Gasteiger partial charge in [0.15, 0.2) is 11.5 Å². The molecule has 0 unspecified atom stereocenters. The highest BCUT2D eigenvalue weighted by Gasteiger charge is 2.23. The van der Waals surface area contributed by atoms with Gasteiger partial charge in [-0.05, 0) is 17.7 Å². The van der Waals surface area contributed by atoms with Gasteiger partial charge in [0.1, 0.15) is 11.5 Å². The van der Waals surface area contributed by atoms with E-state index in [1.807, 2.05) is 23.1 Å². The van der Waals surface area contributed by atoms with Crippen molar-refractivity contribution in [2.45, 2.75) is 6.54 Å². The van der Waals surface area contributed by atoms with E-state index in [1.54, 1.807) is 7.05 Å². The Kier molecular flexibility index (Phi) is 4.08. The van der Waals surface area contributed by atoms with Gasteiger partial charge < -0.3 is 20.1 Å². The number of nitrogens with two attached hydrogens (primary N) is 1. The number of hydrogen-bond acceptors (Lipinski definition) is 7. The first kappa shape index (κ1) is 16.5. The van der Waals surface area contributed by atoms with E-state index in [-0.39, 0.29) is 12.6 Å². The van der Waals surface area contributed by atoms with Crippen LogP contribution < -0.4 is 31.4 Å². The van der Waals surface area contributed by atoms with Gasteiger partial charge in [-0.15, -0.1) is 0 Å². The fourth-order valence-corrected chi connectivity index (χ4v) is 3.36. The summed E-state index contributed by atoms with van der Waals surface area (Å²) in [4.78, 5) is 30.3. The number of hydrogen-bond donors (Lipinski definition) is 2. The third kappa shape index (κ3) is 2.90. The molecular formula is C17H21N5O4. The minimum absolute atomic E-state index is 0.197. The number of nitrogen functional groups attached to an aromatic ring is 1. The zero-order chi connectivity index (χ0) is 18.3. The summed E-state index contributed by atoms with van der Waals surface area (Å²) in [5, 5.41) is 0. The molecule has 9 nitrogen and oxygen atoms in total. The van der Waals surface area contributed by atoms with Crippen LogP contribution in [-0.2, 0) is 13.6 Å². The summed E-state index contributed by atoms with van der Waals surface area (Å²) in [7, 11) is 1.55. The van der Waals surface area contributed by atoms with Crippen molar-refractivity contribution < 1.29 is 9.47 Å². The Morgan fingerprint density at radius 1 is 1.12 bits per heavy atom. The van der Waals surface area contributed by atoms with Gasteiger partial charge in [0.05, 0.1) is 0 Å². The maximum Gasteiger partial charge on any atom is 0.329 e. The molecule has 4 rings (SSSR count). The van der Waals surface area contributed by atoms with Gasteiger partial charge >= 0.3 is 5.69 Å². The van der Waals surface area contributed by atoms with Crippen molar-refractivity contribution in [1.82, 2.24) is 14.5 Å². The van der Waals surface area contributed by atoms with Crippen LogP contribution in [0.4, 0.5) is 11.5 Å². The van der Waals surface area contributed by atoms with Crippen molar-refractivity contribution in [3.8, 4) is 11.5 Å². The molecule has 0 spiro atoms. The number of aromatic amines is 1. The lowest BCUT2D eigenvalue weighted by Gasteiger charge is -2.36. The van der Waals surface area contributed by atoms with Crippen molar-refractivity contribution in [3.05, 3.63) is 44.6 Å². The average molecular weight is 359 g/mol. The van der Waals surface area contributed by atoms with E-state index in [9.17, 15) is 9.59 Å². The summed E-state index contributed by atoms with van der Waals surface area (Å²) in [5.41, 5.74) is 6.57. The lowest BCUT2D eigenvalue weighted by molar-refractivity contribution is 0.174. The number of benzene rings is 1. The minimum atomic E-state index is -0.502. The maximum absolute atomic E-state index is 12.2. The number of fused-ring (bicyclic) bond motifs is 1. The molecule has 0 aliphatic carbocycles. The number of nitrogens with one attached hydrogen (secondary N) is 1. The van der Waals surface area contributed by atoms with E-state index in [4.69, 9.17) is 15.2 Å². The molecule has 2 aromatic rings. The Labute approximate surface area is 149 Å². The molecule has 3 N–H and O–H groups in total. The molecule has 1 aromatic heterocycles.